The van der Waals surface area contributed by atoms with E-state index in [0.29, 0.717) is 12.0 Å². The molecule has 0 aromatic heterocycles. The molecular formula is C30H44O13. The zero-order valence-corrected chi connectivity index (χ0v) is 25.9. The lowest BCUT2D eigenvalue weighted by Gasteiger charge is -2.59. The van der Waals surface area contributed by atoms with E-state index in [1.807, 2.05) is 0 Å². The van der Waals surface area contributed by atoms with E-state index in [0.717, 1.165) is 27.7 Å². The quantitative estimate of drug-likeness (QED) is 0.221. The van der Waals surface area contributed by atoms with Crippen LogP contribution in [0.3, 0.4) is 0 Å². The molecular weight excluding hydrogens is 568 g/mol. The van der Waals surface area contributed by atoms with Crippen molar-refractivity contribution in [3.05, 3.63) is 11.6 Å². The van der Waals surface area contributed by atoms with Crippen LogP contribution < -0.4 is 0 Å². The molecule has 0 bridgehead atoms. The Morgan fingerprint density at radius 3 is 2.07 bits per heavy atom. The molecule has 1 saturated carbocycles. The van der Waals surface area contributed by atoms with Crippen molar-refractivity contribution < 1.29 is 63.0 Å². The van der Waals surface area contributed by atoms with Crippen molar-refractivity contribution >= 4 is 29.8 Å². The standard InChI is InChI=1S/C30H44O13/c1-9-10-23(35)42-20-11-14(2)12-22-30(38,29(8,37)27(36)43-22)26(41-18(6)33)24-15(3)19(34)13-21(39-16(4)31)28(24,7)25(20)40-17(5)32/h12,15,19-22,24-26,34,37-38H,9-11,13H2,1-8H3/b14-12-/t15-,19-,20-,21-,22-,24+,25-,26?,28-,29-,30-/m0/s1. The summed E-state index contributed by atoms with van der Waals surface area (Å²) in [5.74, 6) is -6.39. The van der Waals surface area contributed by atoms with Crippen LogP contribution in [0.5, 0.6) is 0 Å². The highest BCUT2D eigenvalue weighted by Gasteiger charge is 2.74. The maximum atomic E-state index is 13.0. The molecule has 2 aliphatic carbocycles. The van der Waals surface area contributed by atoms with Crippen molar-refractivity contribution in [3.8, 4) is 0 Å². The van der Waals surface area contributed by atoms with Crippen molar-refractivity contribution in [2.75, 3.05) is 0 Å². The van der Waals surface area contributed by atoms with Crippen LogP contribution in [0.15, 0.2) is 11.6 Å². The van der Waals surface area contributed by atoms with Gasteiger partial charge >= 0.3 is 29.8 Å². The molecule has 1 aliphatic heterocycles. The highest BCUT2D eigenvalue weighted by atomic mass is 16.6. The van der Waals surface area contributed by atoms with Gasteiger partial charge in [-0.1, -0.05) is 26.3 Å². The molecule has 0 radical (unpaired) electrons. The topological polar surface area (TPSA) is 192 Å². The smallest absolute Gasteiger partial charge is 0.341 e. The van der Waals surface area contributed by atoms with Gasteiger partial charge in [0.1, 0.15) is 24.4 Å². The van der Waals surface area contributed by atoms with Crippen LogP contribution in [0.4, 0.5) is 0 Å². The predicted molar refractivity (Wildman–Crippen MR) is 147 cm³/mol. The van der Waals surface area contributed by atoms with Crippen LogP contribution in [0, 0.1) is 17.3 Å². The molecule has 3 rings (SSSR count). The van der Waals surface area contributed by atoms with Gasteiger partial charge in [-0.3, -0.25) is 19.2 Å². The number of carbonyl (C=O) groups excluding carboxylic acids is 5. The Kier molecular flexibility index (Phi) is 10.0. The molecule has 0 aromatic carbocycles. The summed E-state index contributed by atoms with van der Waals surface area (Å²) >= 11 is 0. The molecule has 3 aliphatic rings. The number of rotatable bonds is 6. The van der Waals surface area contributed by atoms with E-state index in [1.165, 1.54) is 6.08 Å². The first-order chi connectivity index (χ1) is 19.8. The first-order valence-electron chi connectivity index (χ1n) is 14.5. The van der Waals surface area contributed by atoms with E-state index in [9.17, 15) is 39.3 Å². The van der Waals surface area contributed by atoms with Crippen molar-refractivity contribution in [1.82, 2.24) is 0 Å². The number of fused-ring (bicyclic) bond motifs is 2. The van der Waals surface area contributed by atoms with Crippen molar-refractivity contribution in [2.45, 2.75) is 129 Å². The largest absolute Gasteiger partial charge is 0.462 e. The number of hydrogen-bond donors (Lipinski definition) is 3. The van der Waals surface area contributed by atoms with E-state index in [-0.39, 0.29) is 19.3 Å². The first kappa shape index (κ1) is 34.5. The van der Waals surface area contributed by atoms with E-state index in [1.54, 1.807) is 27.7 Å². The average Bonchev–Trinajstić information content (AvgIpc) is 3.03. The van der Waals surface area contributed by atoms with Crippen LogP contribution in [-0.4, -0.2) is 93.0 Å². The third-order valence-corrected chi connectivity index (χ3v) is 9.19. The lowest BCUT2D eigenvalue weighted by atomic mass is 9.52. The minimum absolute atomic E-state index is 0.0492. The maximum absolute atomic E-state index is 13.0. The molecule has 1 heterocycles. The molecule has 3 N–H and O–H groups in total. The number of aliphatic hydroxyl groups is 3. The Balaban J connectivity index is 2.48. The summed E-state index contributed by atoms with van der Waals surface area (Å²) < 4.78 is 28.8. The summed E-state index contributed by atoms with van der Waals surface area (Å²) in [5, 5.41) is 35.2. The number of aliphatic hydroxyl groups excluding tert-OH is 1. The molecule has 0 aromatic rings. The Labute approximate surface area is 250 Å². The summed E-state index contributed by atoms with van der Waals surface area (Å²) in [6.45, 7) is 10.9. The highest BCUT2D eigenvalue weighted by molar-refractivity contribution is 5.84. The Morgan fingerprint density at radius 1 is 0.977 bits per heavy atom. The normalized spacial score (nSPS) is 42.2. The predicted octanol–water partition coefficient (Wildman–Crippen LogP) is 1.27. The Hall–Kier alpha value is -3.03. The Bertz CT molecular complexity index is 1160. The zero-order chi connectivity index (χ0) is 32.7. The number of carbonyl (C=O) groups is 5. The minimum atomic E-state index is -2.64. The van der Waals surface area contributed by atoms with Gasteiger partial charge in [-0.15, -0.1) is 0 Å². The molecule has 13 heteroatoms. The third-order valence-electron chi connectivity index (χ3n) is 9.19. The monoisotopic (exact) mass is 612 g/mol. The van der Waals surface area contributed by atoms with Crippen LogP contribution in [0.2, 0.25) is 0 Å². The van der Waals surface area contributed by atoms with E-state index in [2.05, 4.69) is 0 Å². The second-order valence-electron chi connectivity index (χ2n) is 12.4. The molecule has 1 saturated heterocycles. The molecule has 13 nitrogen and oxygen atoms in total. The van der Waals surface area contributed by atoms with Crippen LogP contribution >= 0.6 is 0 Å². The Morgan fingerprint density at radius 2 is 1.53 bits per heavy atom. The van der Waals surface area contributed by atoms with Gasteiger partial charge < -0.3 is 39.0 Å². The third kappa shape index (κ3) is 6.16. The highest BCUT2D eigenvalue weighted by Crippen LogP contribution is 2.57. The summed E-state index contributed by atoms with van der Waals surface area (Å²) in [5.41, 5.74) is -6.51. The van der Waals surface area contributed by atoms with E-state index < -0.39 is 94.9 Å². The molecule has 11 atom stereocenters. The molecule has 0 spiro atoms. The fourth-order valence-corrected chi connectivity index (χ4v) is 7.10. The summed E-state index contributed by atoms with van der Waals surface area (Å²) in [4.78, 5) is 63.7. The number of esters is 5. The van der Waals surface area contributed by atoms with Crippen LogP contribution in [-0.2, 0) is 47.7 Å². The molecule has 2 fully saturated rings. The number of hydrogen-bond acceptors (Lipinski definition) is 13. The van der Waals surface area contributed by atoms with Crippen molar-refractivity contribution in [3.63, 3.8) is 0 Å². The van der Waals surface area contributed by atoms with Crippen molar-refractivity contribution in [2.24, 2.45) is 17.3 Å². The van der Waals surface area contributed by atoms with E-state index in [4.69, 9.17) is 23.7 Å². The second kappa shape index (κ2) is 12.5. The molecule has 1 unspecified atom stereocenters. The summed E-state index contributed by atoms with van der Waals surface area (Å²) in [6.07, 6.45) is -6.77. The zero-order valence-electron chi connectivity index (χ0n) is 25.9. The molecule has 43 heavy (non-hydrogen) atoms. The fraction of sp³-hybridized carbons (Fsp3) is 0.767. The first-order valence-corrected chi connectivity index (χ1v) is 14.5. The van der Waals surface area contributed by atoms with Gasteiger partial charge in [-0.05, 0) is 32.3 Å². The summed E-state index contributed by atoms with van der Waals surface area (Å²) in [6, 6.07) is 0. The summed E-state index contributed by atoms with van der Waals surface area (Å²) in [7, 11) is 0. The molecule has 0 amide bonds. The average molecular weight is 613 g/mol. The van der Waals surface area contributed by atoms with Crippen LogP contribution in [0.1, 0.15) is 81.1 Å². The minimum Gasteiger partial charge on any atom is -0.462 e. The SMILES string of the molecule is CCCC(=O)O[C@H]1C/C(C)=C\[C@@H]2OC(=O)[C@](C)(O)[C@@]2(O)C(OC(C)=O)[C@H]2[C@@H](C)[C@@H](O)C[C@H](OC(C)=O)[C@]2(C)[C@H]1OC(C)=O. The maximum Gasteiger partial charge on any atom is 0.341 e. The van der Waals surface area contributed by atoms with Gasteiger partial charge in [0.25, 0.3) is 0 Å². The number of ether oxygens (including phenoxy) is 5. The van der Waals surface area contributed by atoms with Crippen molar-refractivity contribution in [1.29, 1.82) is 0 Å². The van der Waals surface area contributed by atoms with Gasteiger partial charge in [-0.25, -0.2) is 4.79 Å². The van der Waals surface area contributed by atoms with Gasteiger partial charge in [0.05, 0.1) is 11.5 Å². The lowest BCUT2D eigenvalue weighted by Crippen LogP contribution is -2.73. The van der Waals surface area contributed by atoms with Gasteiger partial charge in [0.15, 0.2) is 17.3 Å². The fourth-order valence-electron chi connectivity index (χ4n) is 7.10. The molecule has 242 valence electrons. The van der Waals surface area contributed by atoms with Gasteiger partial charge in [-0.2, -0.15) is 0 Å². The van der Waals surface area contributed by atoms with Crippen LogP contribution in [0.25, 0.3) is 0 Å². The second-order valence-corrected chi connectivity index (χ2v) is 12.4. The van der Waals surface area contributed by atoms with Gasteiger partial charge in [0, 0.05) is 46.0 Å². The lowest BCUT2D eigenvalue weighted by molar-refractivity contribution is -0.272. The van der Waals surface area contributed by atoms with E-state index >= 15 is 0 Å². The van der Waals surface area contributed by atoms with Gasteiger partial charge in [0.2, 0.25) is 0 Å².